The lowest BCUT2D eigenvalue weighted by Crippen LogP contribution is -2.14. The molecule has 0 aromatic carbocycles. The van der Waals surface area contributed by atoms with Crippen LogP contribution in [0.4, 0.5) is 23.9 Å². The topological polar surface area (TPSA) is 64.3 Å². The molecular formula is C12H17F3N2O2S. The summed E-state index contributed by atoms with van der Waals surface area (Å²) in [5.74, 6) is -0.181. The normalized spacial score (nSPS) is 11.8. The number of carbonyl (C=O) groups is 1. The van der Waals surface area contributed by atoms with Crippen LogP contribution in [0, 0.1) is 5.92 Å². The summed E-state index contributed by atoms with van der Waals surface area (Å²) in [4.78, 5) is 12.3. The number of hydrogen-bond acceptors (Lipinski definition) is 5. The van der Waals surface area contributed by atoms with E-state index in [9.17, 15) is 18.0 Å². The largest absolute Gasteiger partial charge is 0.492 e. The maximum Gasteiger partial charge on any atom is 0.390 e. The summed E-state index contributed by atoms with van der Waals surface area (Å²) < 4.78 is 41.4. The molecule has 0 atom stereocenters. The average Bonchev–Trinajstić information content (AvgIpc) is 2.63. The Hall–Kier alpha value is -1.44. The van der Waals surface area contributed by atoms with E-state index in [0.29, 0.717) is 9.88 Å². The zero-order valence-corrected chi connectivity index (χ0v) is 12.2. The van der Waals surface area contributed by atoms with Gasteiger partial charge in [-0.25, -0.2) is 0 Å². The van der Waals surface area contributed by atoms with E-state index in [1.54, 1.807) is 13.8 Å². The Labute approximate surface area is 119 Å². The first kappa shape index (κ1) is 16.6. The predicted molar refractivity (Wildman–Crippen MR) is 73.6 cm³/mol. The summed E-state index contributed by atoms with van der Waals surface area (Å²) in [6.45, 7) is 3.16. The van der Waals surface area contributed by atoms with Gasteiger partial charge in [-0.3, -0.25) is 4.79 Å². The molecule has 1 aromatic heterocycles. The minimum absolute atomic E-state index is 0.158. The van der Waals surface area contributed by atoms with Gasteiger partial charge in [-0.15, -0.1) is 11.3 Å². The van der Waals surface area contributed by atoms with Gasteiger partial charge >= 0.3 is 6.18 Å². The van der Waals surface area contributed by atoms with Gasteiger partial charge in [0.15, 0.2) is 11.5 Å². The average molecular weight is 310 g/mol. The van der Waals surface area contributed by atoms with Crippen molar-refractivity contribution in [2.45, 2.75) is 26.4 Å². The molecule has 0 bridgehead atoms. The Morgan fingerprint density at radius 3 is 2.50 bits per heavy atom. The number of thiophene rings is 1. The Morgan fingerprint density at radius 2 is 2.05 bits per heavy atom. The van der Waals surface area contributed by atoms with Crippen molar-refractivity contribution in [3.8, 4) is 5.75 Å². The van der Waals surface area contributed by atoms with E-state index in [2.05, 4.69) is 5.32 Å². The molecule has 0 saturated heterocycles. The first-order valence-electron chi connectivity index (χ1n) is 5.98. The molecule has 0 saturated carbocycles. The minimum Gasteiger partial charge on any atom is -0.492 e. The minimum atomic E-state index is -4.24. The van der Waals surface area contributed by atoms with E-state index in [1.165, 1.54) is 7.11 Å². The number of methoxy groups -OCH3 is 1. The number of halogens is 3. The van der Waals surface area contributed by atoms with Crippen molar-refractivity contribution in [3.05, 3.63) is 4.88 Å². The number of rotatable bonds is 6. The fourth-order valence-electron chi connectivity index (χ4n) is 1.51. The fourth-order valence-corrected chi connectivity index (χ4v) is 2.71. The molecule has 0 aliphatic carbocycles. The summed E-state index contributed by atoms with van der Waals surface area (Å²) in [5.41, 5.74) is 5.99. The molecule has 0 aliphatic heterocycles. The third kappa shape index (κ3) is 4.03. The molecule has 20 heavy (non-hydrogen) atoms. The van der Waals surface area contributed by atoms with Gasteiger partial charge in [-0.05, 0) is 0 Å². The number of Topliss-reactive ketones (excluding diaryl/α,β-unsaturated/α-hetero) is 1. The molecule has 1 rings (SSSR count). The zero-order valence-electron chi connectivity index (χ0n) is 11.4. The number of nitrogen functional groups attached to an aromatic ring is 1. The molecule has 0 radical (unpaired) electrons. The lowest BCUT2D eigenvalue weighted by atomic mass is 10.1. The van der Waals surface area contributed by atoms with Gasteiger partial charge in [0.25, 0.3) is 0 Å². The van der Waals surface area contributed by atoms with Gasteiger partial charge in [0.05, 0.1) is 24.1 Å². The monoisotopic (exact) mass is 310 g/mol. The maximum atomic E-state index is 12.1. The molecule has 1 heterocycles. The van der Waals surface area contributed by atoms with Crippen LogP contribution in [0.25, 0.3) is 0 Å². The molecule has 0 fully saturated rings. The second-order valence-corrected chi connectivity index (χ2v) is 5.54. The first-order chi connectivity index (χ1) is 9.17. The molecular weight excluding hydrogens is 293 g/mol. The number of ketones is 1. The van der Waals surface area contributed by atoms with Crippen LogP contribution < -0.4 is 15.8 Å². The number of carbonyl (C=O) groups excluding carboxylic acids is 1. The van der Waals surface area contributed by atoms with Crippen LogP contribution in [0.1, 0.15) is 29.9 Å². The summed E-state index contributed by atoms with van der Waals surface area (Å²) >= 11 is 1.02. The number of nitrogens with one attached hydrogen (secondary N) is 1. The quantitative estimate of drug-likeness (QED) is 0.789. The van der Waals surface area contributed by atoms with Crippen LogP contribution >= 0.6 is 11.3 Å². The molecule has 0 aliphatic rings. The molecule has 0 amide bonds. The number of nitrogens with two attached hydrogens (primary N) is 1. The zero-order chi connectivity index (χ0) is 15.5. The van der Waals surface area contributed by atoms with E-state index in [4.69, 9.17) is 10.5 Å². The molecule has 0 spiro atoms. The van der Waals surface area contributed by atoms with Gasteiger partial charge in [0.1, 0.15) is 5.00 Å². The van der Waals surface area contributed by atoms with Crippen LogP contribution in [0.15, 0.2) is 0 Å². The van der Waals surface area contributed by atoms with Gasteiger partial charge in [0.2, 0.25) is 0 Å². The van der Waals surface area contributed by atoms with Crippen molar-refractivity contribution in [1.29, 1.82) is 0 Å². The first-order valence-corrected chi connectivity index (χ1v) is 6.80. The summed E-state index contributed by atoms with van der Waals surface area (Å²) in [7, 11) is 1.36. The molecule has 3 N–H and O–H groups in total. The number of anilines is 2. The summed E-state index contributed by atoms with van der Waals surface area (Å²) in [6.07, 6.45) is -5.21. The highest BCUT2D eigenvalue weighted by Gasteiger charge is 2.27. The van der Waals surface area contributed by atoms with Gasteiger partial charge in [0, 0.05) is 12.5 Å². The highest BCUT2D eigenvalue weighted by Crippen LogP contribution is 2.43. The molecule has 114 valence electrons. The van der Waals surface area contributed by atoms with Crippen molar-refractivity contribution in [2.75, 3.05) is 24.7 Å². The Kier molecular flexibility index (Phi) is 5.27. The van der Waals surface area contributed by atoms with Crippen LogP contribution in [0.3, 0.4) is 0 Å². The van der Waals surface area contributed by atoms with E-state index in [0.717, 1.165) is 11.3 Å². The van der Waals surface area contributed by atoms with E-state index >= 15 is 0 Å². The van der Waals surface area contributed by atoms with E-state index in [1.807, 2.05) is 0 Å². The van der Waals surface area contributed by atoms with Crippen molar-refractivity contribution >= 4 is 27.8 Å². The van der Waals surface area contributed by atoms with Gasteiger partial charge in [-0.2, -0.15) is 13.2 Å². The number of alkyl halides is 3. The maximum absolute atomic E-state index is 12.1. The van der Waals surface area contributed by atoms with Crippen LogP contribution in [0.5, 0.6) is 5.75 Å². The Bertz CT molecular complexity index is 484. The molecule has 8 heteroatoms. The second-order valence-electron chi connectivity index (χ2n) is 4.52. The van der Waals surface area contributed by atoms with E-state index in [-0.39, 0.29) is 29.7 Å². The smallest absolute Gasteiger partial charge is 0.390 e. The molecule has 1 aromatic rings. The van der Waals surface area contributed by atoms with Crippen molar-refractivity contribution < 1.29 is 22.7 Å². The summed E-state index contributed by atoms with van der Waals surface area (Å²) in [5, 5.41) is 2.96. The van der Waals surface area contributed by atoms with Crippen LogP contribution in [-0.4, -0.2) is 25.6 Å². The van der Waals surface area contributed by atoms with Crippen molar-refractivity contribution in [3.63, 3.8) is 0 Å². The van der Waals surface area contributed by atoms with E-state index < -0.39 is 12.6 Å². The lowest BCUT2D eigenvalue weighted by Gasteiger charge is -2.08. The number of ether oxygens (including phenoxy) is 1. The third-order valence-electron chi connectivity index (χ3n) is 2.55. The lowest BCUT2D eigenvalue weighted by molar-refractivity contribution is -0.131. The summed E-state index contributed by atoms with van der Waals surface area (Å²) in [6, 6.07) is 0. The Balaban J connectivity index is 2.91. The fraction of sp³-hybridized carbons (Fsp3) is 0.583. The Morgan fingerprint density at radius 1 is 1.45 bits per heavy atom. The highest BCUT2D eigenvalue weighted by atomic mass is 32.1. The molecule has 4 nitrogen and oxygen atoms in total. The van der Waals surface area contributed by atoms with Crippen molar-refractivity contribution in [2.24, 2.45) is 5.92 Å². The molecule has 0 unspecified atom stereocenters. The highest BCUT2D eigenvalue weighted by molar-refractivity contribution is 7.19. The van der Waals surface area contributed by atoms with Gasteiger partial charge in [-0.1, -0.05) is 13.8 Å². The standard InChI is InChI=1S/C12H17F3N2O2S/c1-6(2)8(18)10-7(16)9(19-3)11(20-10)17-5-4-12(13,14)15/h6,17H,4-5,16H2,1-3H3. The predicted octanol–water partition coefficient (Wildman–Crippen LogP) is 3.54. The second kappa shape index (κ2) is 6.34. The van der Waals surface area contributed by atoms with Crippen LogP contribution in [-0.2, 0) is 0 Å². The van der Waals surface area contributed by atoms with Gasteiger partial charge < -0.3 is 15.8 Å². The number of hydrogen-bond donors (Lipinski definition) is 2. The van der Waals surface area contributed by atoms with Crippen LogP contribution in [0.2, 0.25) is 0 Å². The third-order valence-corrected chi connectivity index (χ3v) is 3.71. The SMILES string of the molecule is COc1c(NCCC(F)(F)F)sc(C(=O)C(C)C)c1N. The van der Waals surface area contributed by atoms with Crippen molar-refractivity contribution in [1.82, 2.24) is 0 Å².